The molecule has 1 rings (SSSR count). The topological polar surface area (TPSA) is 12.0 Å². The van der Waals surface area contributed by atoms with Crippen molar-refractivity contribution in [2.75, 3.05) is 6.54 Å². The molecule has 1 saturated heterocycles. The van der Waals surface area contributed by atoms with Crippen molar-refractivity contribution in [3.05, 3.63) is 0 Å². The van der Waals surface area contributed by atoms with E-state index in [4.69, 9.17) is 0 Å². The van der Waals surface area contributed by atoms with Crippen LogP contribution in [0.5, 0.6) is 0 Å². The molecule has 4 heteroatoms. The lowest BCUT2D eigenvalue weighted by Crippen LogP contribution is -2.45. The molecule has 1 heterocycles. The summed E-state index contributed by atoms with van der Waals surface area (Å²) in [5.41, 5.74) is 0. The van der Waals surface area contributed by atoms with Gasteiger partial charge in [-0.2, -0.15) is 13.2 Å². The quantitative estimate of drug-likeness (QED) is 0.678. The van der Waals surface area contributed by atoms with Crippen LogP contribution < -0.4 is 5.32 Å². The lowest BCUT2D eigenvalue weighted by molar-refractivity contribution is -0.183. The second-order valence-electron chi connectivity index (χ2n) is 4.07. The van der Waals surface area contributed by atoms with Crippen LogP contribution in [0.2, 0.25) is 0 Å². The molecule has 1 fully saturated rings. The molecule has 0 spiro atoms. The van der Waals surface area contributed by atoms with E-state index >= 15 is 0 Å². The molecule has 0 radical (unpaired) electrons. The third kappa shape index (κ3) is 2.86. The van der Waals surface area contributed by atoms with E-state index in [-0.39, 0.29) is 24.8 Å². The van der Waals surface area contributed by atoms with Gasteiger partial charge in [0.2, 0.25) is 0 Å². The van der Waals surface area contributed by atoms with Crippen molar-refractivity contribution in [3.63, 3.8) is 0 Å². The second-order valence-corrected chi connectivity index (χ2v) is 4.07. The highest BCUT2D eigenvalue weighted by molar-refractivity contribution is 4.83. The number of rotatable bonds is 1. The number of piperidine rings is 1. The fourth-order valence-corrected chi connectivity index (χ4v) is 1.76. The summed E-state index contributed by atoms with van der Waals surface area (Å²) in [6.45, 7) is 4.40. The van der Waals surface area contributed by atoms with E-state index in [2.05, 4.69) is 5.32 Å². The SMILES string of the molecule is CC(C)C1CC(C(F)(F)F)CCN1. The normalized spacial score (nSPS) is 30.9. The molecule has 0 amide bonds. The molecule has 2 atom stereocenters. The lowest BCUT2D eigenvalue weighted by Gasteiger charge is -2.33. The van der Waals surface area contributed by atoms with Crippen LogP contribution in [0.15, 0.2) is 0 Å². The van der Waals surface area contributed by atoms with Crippen molar-refractivity contribution in [2.24, 2.45) is 11.8 Å². The predicted octanol–water partition coefficient (Wildman–Crippen LogP) is 2.57. The van der Waals surface area contributed by atoms with Crippen molar-refractivity contribution in [3.8, 4) is 0 Å². The molecule has 1 aliphatic rings. The Balaban J connectivity index is 2.52. The van der Waals surface area contributed by atoms with Crippen LogP contribution in [0.4, 0.5) is 13.2 Å². The Morgan fingerprint density at radius 1 is 1.31 bits per heavy atom. The number of halogens is 3. The Morgan fingerprint density at radius 3 is 2.38 bits per heavy atom. The van der Waals surface area contributed by atoms with Gasteiger partial charge in [-0.15, -0.1) is 0 Å². The van der Waals surface area contributed by atoms with Gasteiger partial charge in [0, 0.05) is 6.04 Å². The van der Waals surface area contributed by atoms with Gasteiger partial charge in [0.25, 0.3) is 0 Å². The maximum Gasteiger partial charge on any atom is 0.391 e. The fraction of sp³-hybridized carbons (Fsp3) is 1.00. The molecule has 0 saturated carbocycles. The average Bonchev–Trinajstić information content (AvgIpc) is 2.03. The first-order valence-electron chi connectivity index (χ1n) is 4.71. The van der Waals surface area contributed by atoms with E-state index < -0.39 is 12.1 Å². The summed E-state index contributed by atoms with van der Waals surface area (Å²) in [5.74, 6) is -0.814. The van der Waals surface area contributed by atoms with Gasteiger partial charge in [-0.1, -0.05) is 13.8 Å². The Kier molecular flexibility index (Phi) is 3.22. The van der Waals surface area contributed by atoms with Gasteiger partial charge in [0.05, 0.1) is 5.92 Å². The molecule has 78 valence electrons. The molecule has 2 unspecified atom stereocenters. The van der Waals surface area contributed by atoms with Crippen molar-refractivity contribution < 1.29 is 13.2 Å². The Bertz CT molecular complexity index is 165. The van der Waals surface area contributed by atoms with Gasteiger partial charge in [-0.3, -0.25) is 0 Å². The first-order valence-corrected chi connectivity index (χ1v) is 4.71. The molecule has 0 aromatic carbocycles. The minimum atomic E-state index is -4.00. The summed E-state index contributed by atoms with van der Waals surface area (Å²) < 4.78 is 37.1. The zero-order chi connectivity index (χ0) is 10.1. The Hall–Kier alpha value is -0.250. The minimum absolute atomic E-state index is 0.0281. The average molecular weight is 195 g/mol. The molecule has 1 aliphatic heterocycles. The second kappa shape index (κ2) is 3.86. The zero-order valence-corrected chi connectivity index (χ0v) is 7.99. The monoisotopic (exact) mass is 195 g/mol. The Labute approximate surface area is 76.7 Å². The summed E-state index contributed by atoms with van der Waals surface area (Å²) >= 11 is 0. The van der Waals surface area contributed by atoms with Crippen molar-refractivity contribution >= 4 is 0 Å². The smallest absolute Gasteiger partial charge is 0.314 e. The van der Waals surface area contributed by atoms with E-state index in [0.717, 1.165) is 0 Å². The maximum atomic E-state index is 12.4. The number of nitrogens with one attached hydrogen (secondary N) is 1. The van der Waals surface area contributed by atoms with Gasteiger partial charge in [-0.25, -0.2) is 0 Å². The summed E-state index contributed by atoms with van der Waals surface area (Å²) in [5, 5.41) is 3.12. The third-order valence-electron chi connectivity index (χ3n) is 2.71. The summed E-state index contributed by atoms with van der Waals surface area (Å²) in [6.07, 6.45) is -3.54. The van der Waals surface area contributed by atoms with Crippen LogP contribution in [0, 0.1) is 11.8 Å². The standard InChI is InChI=1S/C9H16F3N/c1-6(2)8-5-7(3-4-13-8)9(10,11)12/h6-8,13H,3-5H2,1-2H3. The lowest BCUT2D eigenvalue weighted by atomic mass is 9.87. The molecular formula is C9H16F3N. The molecular weight excluding hydrogens is 179 g/mol. The Morgan fingerprint density at radius 2 is 1.92 bits per heavy atom. The van der Waals surface area contributed by atoms with Gasteiger partial charge in [0.15, 0.2) is 0 Å². The number of alkyl halides is 3. The fourth-order valence-electron chi connectivity index (χ4n) is 1.76. The van der Waals surface area contributed by atoms with Crippen LogP contribution in [0.1, 0.15) is 26.7 Å². The van der Waals surface area contributed by atoms with E-state index in [1.54, 1.807) is 0 Å². The largest absolute Gasteiger partial charge is 0.391 e. The molecule has 0 bridgehead atoms. The number of hydrogen-bond acceptors (Lipinski definition) is 1. The van der Waals surface area contributed by atoms with Gasteiger partial charge >= 0.3 is 6.18 Å². The van der Waals surface area contributed by atoms with Crippen molar-refractivity contribution in [1.82, 2.24) is 5.32 Å². The third-order valence-corrected chi connectivity index (χ3v) is 2.71. The molecule has 0 aromatic rings. The summed E-state index contributed by atoms with van der Waals surface area (Å²) in [4.78, 5) is 0. The molecule has 1 nitrogen and oxygen atoms in total. The van der Waals surface area contributed by atoms with E-state index in [0.29, 0.717) is 6.54 Å². The van der Waals surface area contributed by atoms with Gasteiger partial charge in [0.1, 0.15) is 0 Å². The highest BCUT2D eigenvalue weighted by atomic mass is 19.4. The highest BCUT2D eigenvalue weighted by Crippen LogP contribution is 2.35. The molecule has 0 aromatic heterocycles. The van der Waals surface area contributed by atoms with Crippen LogP contribution in [0.3, 0.4) is 0 Å². The van der Waals surface area contributed by atoms with Crippen LogP contribution >= 0.6 is 0 Å². The molecule has 0 aliphatic carbocycles. The first-order chi connectivity index (χ1) is 5.91. The maximum absolute atomic E-state index is 12.4. The van der Waals surface area contributed by atoms with Crippen LogP contribution in [-0.4, -0.2) is 18.8 Å². The minimum Gasteiger partial charge on any atom is -0.314 e. The molecule has 13 heavy (non-hydrogen) atoms. The van der Waals surface area contributed by atoms with Crippen LogP contribution in [0.25, 0.3) is 0 Å². The molecule has 1 N–H and O–H groups in total. The van der Waals surface area contributed by atoms with Crippen molar-refractivity contribution in [1.29, 1.82) is 0 Å². The van der Waals surface area contributed by atoms with Crippen molar-refractivity contribution in [2.45, 2.75) is 38.9 Å². The highest BCUT2D eigenvalue weighted by Gasteiger charge is 2.42. The van der Waals surface area contributed by atoms with Gasteiger partial charge < -0.3 is 5.32 Å². The van der Waals surface area contributed by atoms with E-state index in [1.807, 2.05) is 13.8 Å². The first kappa shape index (κ1) is 10.8. The predicted molar refractivity (Wildman–Crippen MR) is 45.4 cm³/mol. The summed E-state index contributed by atoms with van der Waals surface area (Å²) in [6, 6.07) is 0.0281. The van der Waals surface area contributed by atoms with E-state index in [1.165, 1.54) is 0 Å². The zero-order valence-electron chi connectivity index (χ0n) is 7.99. The summed E-state index contributed by atoms with van der Waals surface area (Å²) in [7, 11) is 0. The number of hydrogen-bond donors (Lipinski definition) is 1. The van der Waals surface area contributed by atoms with Gasteiger partial charge in [-0.05, 0) is 25.3 Å². The van der Waals surface area contributed by atoms with E-state index in [9.17, 15) is 13.2 Å². The van der Waals surface area contributed by atoms with Crippen LogP contribution in [-0.2, 0) is 0 Å².